The molecule has 0 saturated carbocycles. The Kier molecular flexibility index (Phi) is 6.27. The second-order valence-electron chi connectivity index (χ2n) is 4.85. The highest BCUT2D eigenvalue weighted by atomic mass is 16.5. The molecule has 0 radical (unpaired) electrons. The number of nitrogens with two attached hydrogens (primary N) is 1. The standard InChI is InChI=1S/C14H23N3O3/c1-9(8-18)10(2)16-7-11-4-5-13(20-3)12(6-11)14(15)17-19/h4-6,9-10,16,18-19H,7-8H2,1-3H3,(H2,15,17). The highest BCUT2D eigenvalue weighted by Crippen LogP contribution is 2.19. The van der Waals surface area contributed by atoms with Gasteiger partial charge in [-0.15, -0.1) is 0 Å². The molecule has 0 bridgehead atoms. The van der Waals surface area contributed by atoms with Crippen LogP contribution >= 0.6 is 0 Å². The molecule has 6 nitrogen and oxygen atoms in total. The third-order valence-electron chi connectivity index (χ3n) is 3.42. The largest absolute Gasteiger partial charge is 0.496 e. The van der Waals surface area contributed by atoms with Gasteiger partial charge in [0.15, 0.2) is 5.84 Å². The molecule has 6 heteroatoms. The molecule has 1 rings (SSSR count). The van der Waals surface area contributed by atoms with E-state index >= 15 is 0 Å². The van der Waals surface area contributed by atoms with Crippen molar-refractivity contribution in [2.75, 3.05) is 13.7 Å². The van der Waals surface area contributed by atoms with Crippen molar-refractivity contribution in [3.8, 4) is 5.75 Å². The first-order valence-corrected chi connectivity index (χ1v) is 6.52. The molecule has 1 aromatic carbocycles. The lowest BCUT2D eigenvalue weighted by molar-refractivity contribution is 0.207. The van der Waals surface area contributed by atoms with Crippen molar-refractivity contribution in [2.45, 2.75) is 26.4 Å². The summed E-state index contributed by atoms with van der Waals surface area (Å²) in [5.41, 5.74) is 7.17. The summed E-state index contributed by atoms with van der Waals surface area (Å²) in [6.45, 7) is 4.77. The quantitative estimate of drug-likeness (QED) is 0.257. The third-order valence-corrected chi connectivity index (χ3v) is 3.42. The molecule has 0 heterocycles. The molecule has 0 amide bonds. The van der Waals surface area contributed by atoms with Crippen LogP contribution in [0.2, 0.25) is 0 Å². The van der Waals surface area contributed by atoms with E-state index < -0.39 is 0 Å². The molecule has 2 atom stereocenters. The topological polar surface area (TPSA) is 100 Å². The Labute approximate surface area is 119 Å². The van der Waals surface area contributed by atoms with Crippen LogP contribution in [0.1, 0.15) is 25.0 Å². The number of ether oxygens (including phenoxy) is 1. The van der Waals surface area contributed by atoms with Gasteiger partial charge < -0.3 is 26.1 Å². The number of benzene rings is 1. The van der Waals surface area contributed by atoms with Gasteiger partial charge in [0.05, 0.1) is 12.7 Å². The predicted molar refractivity (Wildman–Crippen MR) is 78.1 cm³/mol. The number of nitrogens with one attached hydrogen (secondary N) is 1. The average molecular weight is 281 g/mol. The number of amidine groups is 1. The van der Waals surface area contributed by atoms with Crippen LogP contribution in [0, 0.1) is 5.92 Å². The van der Waals surface area contributed by atoms with Gasteiger partial charge in [-0.3, -0.25) is 0 Å². The van der Waals surface area contributed by atoms with Gasteiger partial charge in [0, 0.05) is 19.2 Å². The number of aliphatic hydroxyl groups excluding tert-OH is 1. The van der Waals surface area contributed by atoms with Crippen molar-refractivity contribution in [1.82, 2.24) is 5.32 Å². The molecule has 2 unspecified atom stereocenters. The summed E-state index contributed by atoms with van der Waals surface area (Å²) >= 11 is 0. The molecule has 20 heavy (non-hydrogen) atoms. The molecule has 0 aliphatic heterocycles. The zero-order chi connectivity index (χ0) is 15.1. The van der Waals surface area contributed by atoms with E-state index in [1.165, 1.54) is 7.11 Å². The Balaban J connectivity index is 2.82. The number of hydrogen-bond acceptors (Lipinski definition) is 5. The summed E-state index contributed by atoms with van der Waals surface area (Å²) in [5.74, 6) is 0.748. The van der Waals surface area contributed by atoms with E-state index in [-0.39, 0.29) is 24.4 Å². The first kappa shape index (κ1) is 16.3. The fourth-order valence-corrected chi connectivity index (χ4v) is 1.76. The van der Waals surface area contributed by atoms with E-state index in [2.05, 4.69) is 10.5 Å². The van der Waals surface area contributed by atoms with Crippen LogP contribution in [0.25, 0.3) is 0 Å². The molecule has 112 valence electrons. The number of oxime groups is 1. The third kappa shape index (κ3) is 4.11. The summed E-state index contributed by atoms with van der Waals surface area (Å²) in [6.07, 6.45) is 0. The summed E-state index contributed by atoms with van der Waals surface area (Å²) < 4.78 is 5.18. The fraction of sp³-hybridized carbons (Fsp3) is 0.500. The Bertz CT molecular complexity index is 463. The van der Waals surface area contributed by atoms with Crippen molar-refractivity contribution in [3.63, 3.8) is 0 Å². The molecular formula is C14H23N3O3. The monoisotopic (exact) mass is 281 g/mol. The van der Waals surface area contributed by atoms with Gasteiger partial charge in [0.1, 0.15) is 5.75 Å². The van der Waals surface area contributed by atoms with Crippen molar-refractivity contribution in [1.29, 1.82) is 0 Å². The van der Waals surface area contributed by atoms with E-state index in [9.17, 15) is 0 Å². The van der Waals surface area contributed by atoms with Crippen molar-refractivity contribution < 1.29 is 15.1 Å². The summed E-state index contributed by atoms with van der Waals surface area (Å²) in [6, 6.07) is 5.70. The van der Waals surface area contributed by atoms with Crippen LogP contribution in [0.4, 0.5) is 0 Å². The number of nitrogens with zero attached hydrogens (tertiary/aromatic N) is 1. The van der Waals surface area contributed by atoms with E-state index in [1.54, 1.807) is 6.07 Å². The maximum absolute atomic E-state index is 9.10. The molecule has 0 spiro atoms. The summed E-state index contributed by atoms with van der Waals surface area (Å²) in [7, 11) is 1.53. The number of rotatable bonds is 7. The number of aliphatic hydroxyl groups is 1. The van der Waals surface area contributed by atoms with Crippen molar-refractivity contribution >= 4 is 5.84 Å². The molecule has 0 aromatic heterocycles. The molecule has 0 fully saturated rings. The Morgan fingerprint density at radius 1 is 1.45 bits per heavy atom. The lowest BCUT2D eigenvalue weighted by atomic mass is 10.0. The zero-order valence-electron chi connectivity index (χ0n) is 12.1. The van der Waals surface area contributed by atoms with Crippen molar-refractivity contribution in [3.05, 3.63) is 29.3 Å². The zero-order valence-corrected chi connectivity index (χ0v) is 12.1. The fourth-order valence-electron chi connectivity index (χ4n) is 1.76. The van der Waals surface area contributed by atoms with Crippen LogP contribution < -0.4 is 15.8 Å². The lowest BCUT2D eigenvalue weighted by Crippen LogP contribution is -2.33. The first-order chi connectivity index (χ1) is 9.53. The van der Waals surface area contributed by atoms with Crippen LogP contribution in [0.3, 0.4) is 0 Å². The molecule has 0 aliphatic rings. The second kappa shape index (κ2) is 7.72. The first-order valence-electron chi connectivity index (χ1n) is 6.52. The molecular weight excluding hydrogens is 258 g/mol. The van der Waals surface area contributed by atoms with Gasteiger partial charge in [0.2, 0.25) is 0 Å². The number of methoxy groups -OCH3 is 1. The smallest absolute Gasteiger partial charge is 0.173 e. The van der Waals surface area contributed by atoms with Crippen LogP contribution in [0.15, 0.2) is 23.4 Å². The molecule has 5 N–H and O–H groups in total. The van der Waals surface area contributed by atoms with Gasteiger partial charge in [-0.05, 0) is 30.5 Å². The molecule has 1 aromatic rings. The molecule has 0 aliphatic carbocycles. The Hall–Kier alpha value is -1.79. The normalized spacial score (nSPS) is 14.9. The Morgan fingerprint density at radius 3 is 2.70 bits per heavy atom. The van der Waals surface area contributed by atoms with Crippen LogP contribution in [0.5, 0.6) is 5.75 Å². The molecule has 0 saturated heterocycles. The van der Waals surface area contributed by atoms with Gasteiger partial charge in [-0.1, -0.05) is 18.1 Å². The minimum Gasteiger partial charge on any atom is -0.496 e. The summed E-state index contributed by atoms with van der Waals surface area (Å²) in [5, 5.41) is 24.2. The van der Waals surface area contributed by atoms with E-state index in [0.717, 1.165) is 5.56 Å². The Morgan fingerprint density at radius 2 is 2.15 bits per heavy atom. The number of hydrogen-bond donors (Lipinski definition) is 4. The van der Waals surface area contributed by atoms with E-state index in [4.69, 9.17) is 20.8 Å². The van der Waals surface area contributed by atoms with Crippen LogP contribution in [-0.2, 0) is 6.54 Å². The minimum atomic E-state index is 0.0143. The van der Waals surface area contributed by atoms with Crippen molar-refractivity contribution in [2.24, 2.45) is 16.8 Å². The average Bonchev–Trinajstić information content (AvgIpc) is 2.50. The van der Waals surface area contributed by atoms with Gasteiger partial charge in [-0.25, -0.2) is 0 Å². The highest BCUT2D eigenvalue weighted by molar-refractivity contribution is 5.99. The second-order valence-corrected chi connectivity index (χ2v) is 4.85. The van der Waals surface area contributed by atoms with Gasteiger partial charge >= 0.3 is 0 Å². The van der Waals surface area contributed by atoms with Gasteiger partial charge in [0.25, 0.3) is 0 Å². The maximum Gasteiger partial charge on any atom is 0.173 e. The predicted octanol–water partition coefficient (Wildman–Crippen LogP) is 0.896. The highest BCUT2D eigenvalue weighted by Gasteiger charge is 2.12. The van der Waals surface area contributed by atoms with E-state index in [0.29, 0.717) is 17.9 Å². The SMILES string of the molecule is COc1ccc(CNC(C)C(C)CO)cc1/C(N)=N/O. The van der Waals surface area contributed by atoms with E-state index in [1.807, 2.05) is 26.0 Å². The lowest BCUT2D eigenvalue weighted by Gasteiger charge is -2.19. The summed E-state index contributed by atoms with van der Waals surface area (Å²) in [4.78, 5) is 0. The van der Waals surface area contributed by atoms with Gasteiger partial charge in [-0.2, -0.15) is 0 Å². The van der Waals surface area contributed by atoms with Crippen LogP contribution in [-0.4, -0.2) is 35.9 Å². The maximum atomic E-state index is 9.10. The minimum absolute atomic E-state index is 0.0143.